The summed E-state index contributed by atoms with van der Waals surface area (Å²) in [5.41, 5.74) is 1.76. The number of rotatable bonds is 7. The van der Waals surface area contributed by atoms with Crippen molar-refractivity contribution in [1.29, 1.82) is 5.26 Å². The predicted molar refractivity (Wildman–Crippen MR) is 105 cm³/mol. The van der Waals surface area contributed by atoms with Gasteiger partial charge in [0.25, 0.3) is 5.91 Å². The molecule has 0 radical (unpaired) electrons. The molecule has 2 N–H and O–H groups in total. The van der Waals surface area contributed by atoms with Crippen molar-refractivity contribution in [2.24, 2.45) is 0 Å². The molecule has 2 aromatic rings. The van der Waals surface area contributed by atoms with Crippen molar-refractivity contribution in [1.82, 2.24) is 5.32 Å². The number of hydrogen-bond acceptors (Lipinski definition) is 5. The lowest BCUT2D eigenvalue weighted by atomic mass is 10.1. The molecule has 6 heteroatoms. The number of amides is 1. The molecule has 0 saturated carbocycles. The zero-order valence-electron chi connectivity index (χ0n) is 14.9. The number of hydrogen-bond donors (Lipinski definition) is 2. The highest BCUT2D eigenvalue weighted by atomic mass is 32.2. The smallest absolute Gasteiger partial charge is 0.263 e. The van der Waals surface area contributed by atoms with Gasteiger partial charge in [0.15, 0.2) is 0 Å². The molecule has 134 valence electrons. The number of nitrogens with one attached hydrogen (secondary N) is 2. The fourth-order valence-corrected chi connectivity index (χ4v) is 2.73. The van der Waals surface area contributed by atoms with Crippen LogP contribution < -0.4 is 15.4 Å². The normalized spacial score (nSPS) is 12.0. The van der Waals surface area contributed by atoms with E-state index in [4.69, 9.17) is 4.74 Å². The highest BCUT2D eigenvalue weighted by Gasteiger charge is 2.14. The molecular weight excluding hydrogens is 346 g/mol. The van der Waals surface area contributed by atoms with Crippen LogP contribution in [0.4, 0.5) is 5.69 Å². The molecule has 2 rings (SSSR count). The van der Waals surface area contributed by atoms with Crippen LogP contribution in [0.1, 0.15) is 18.5 Å². The highest BCUT2D eigenvalue weighted by Crippen LogP contribution is 2.20. The van der Waals surface area contributed by atoms with Crippen LogP contribution in [0, 0.1) is 11.3 Å². The quantitative estimate of drug-likeness (QED) is 0.438. The molecule has 0 fully saturated rings. The van der Waals surface area contributed by atoms with Gasteiger partial charge in [0.1, 0.15) is 17.4 Å². The van der Waals surface area contributed by atoms with Gasteiger partial charge in [-0.15, -0.1) is 11.8 Å². The molecule has 1 atom stereocenters. The second-order valence-electron chi connectivity index (χ2n) is 5.51. The zero-order chi connectivity index (χ0) is 18.9. The lowest BCUT2D eigenvalue weighted by Crippen LogP contribution is -2.28. The molecule has 26 heavy (non-hydrogen) atoms. The lowest BCUT2D eigenvalue weighted by molar-refractivity contribution is -0.117. The van der Waals surface area contributed by atoms with Crippen LogP contribution in [0.25, 0.3) is 0 Å². The van der Waals surface area contributed by atoms with Crippen molar-refractivity contribution >= 4 is 23.4 Å². The van der Waals surface area contributed by atoms with E-state index >= 15 is 0 Å². The van der Waals surface area contributed by atoms with Crippen molar-refractivity contribution in [3.63, 3.8) is 0 Å². The second kappa shape index (κ2) is 9.54. The van der Waals surface area contributed by atoms with Crippen molar-refractivity contribution in [3.05, 3.63) is 65.9 Å². The Balaban J connectivity index is 2.03. The van der Waals surface area contributed by atoms with Gasteiger partial charge in [-0.3, -0.25) is 4.79 Å². The molecule has 0 aromatic heterocycles. The molecule has 0 bridgehead atoms. The largest absolute Gasteiger partial charge is 0.497 e. The van der Waals surface area contributed by atoms with Gasteiger partial charge in [0, 0.05) is 16.8 Å². The third kappa shape index (κ3) is 5.30. The number of nitriles is 1. The van der Waals surface area contributed by atoms with Gasteiger partial charge in [0.05, 0.1) is 13.2 Å². The molecule has 5 nitrogen and oxygen atoms in total. The minimum absolute atomic E-state index is 0.0138. The van der Waals surface area contributed by atoms with Crippen LogP contribution in [-0.4, -0.2) is 19.3 Å². The molecule has 2 aromatic carbocycles. The number of anilines is 1. The summed E-state index contributed by atoms with van der Waals surface area (Å²) in [4.78, 5) is 13.5. The van der Waals surface area contributed by atoms with Crippen LogP contribution in [-0.2, 0) is 4.79 Å². The van der Waals surface area contributed by atoms with E-state index in [1.165, 1.54) is 6.20 Å². The topological polar surface area (TPSA) is 74.1 Å². The van der Waals surface area contributed by atoms with E-state index in [1.54, 1.807) is 18.9 Å². The van der Waals surface area contributed by atoms with E-state index in [0.29, 0.717) is 0 Å². The number of methoxy groups -OCH3 is 1. The average molecular weight is 367 g/mol. The van der Waals surface area contributed by atoms with Crippen molar-refractivity contribution < 1.29 is 9.53 Å². The summed E-state index contributed by atoms with van der Waals surface area (Å²) < 4.78 is 5.13. The number of carbonyl (C=O) groups is 1. The Labute approximate surface area is 158 Å². The molecule has 1 amide bonds. The number of carbonyl (C=O) groups excluding carboxylic acids is 1. The molecule has 0 aliphatic carbocycles. The Morgan fingerprint density at radius 3 is 2.62 bits per heavy atom. The first kappa shape index (κ1) is 19.4. The van der Waals surface area contributed by atoms with Crippen molar-refractivity contribution in [3.8, 4) is 11.8 Å². The fraction of sp³-hybridized carbons (Fsp3) is 0.200. The van der Waals surface area contributed by atoms with Gasteiger partial charge in [-0.05, 0) is 49.1 Å². The fourth-order valence-electron chi connectivity index (χ4n) is 2.27. The molecular formula is C20H21N3O2S. The second-order valence-corrected chi connectivity index (χ2v) is 6.39. The average Bonchev–Trinajstić information content (AvgIpc) is 2.68. The zero-order valence-corrected chi connectivity index (χ0v) is 15.8. The SMILES string of the molecule is COc1ccc(C(C)NC(=O)/C(C#N)=C\Nc2cccc(SC)c2)cc1. The van der Waals surface area contributed by atoms with Crippen LogP contribution >= 0.6 is 11.8 Å². The molecule has 0 aliphatic rings. The van der Waals surface area contributed by atoms with Crippen molar-refractivity contribution in [2.75, 3.05) is 18.7 Å². The number of thioether (sulfide) groups is 1. The Morgan fingerprint density at radius 1 is 1.27 bits per heavy atom. The third-order valence-corrected chi connectivity index (χ3v) is 4.51. The molecule has 0 heterocycles. The number of ether oxygens (including phenoxy) is 1. The van der Waals surface area contributed by atoms with Gasteiger partial charge in [0.2, 0.25) is 0 Å². The van der Waals surface area contributed by atoms with E-state index in [0.717, 1.165) is 21.9 Å². The summed E-state index contributed by atoms with van der Waals surface area (Å²) in [6.07, 6.45) is 3.42. The molecule has 1 unspecified atom stereocenters. The standard InChI is InChI=1S/C20H21N3O2S/c1-14(15-7-9-18(25-2)10-8-15)23-20(24)16(12-21)13-22-17-5-4-6-19(11-17)26-3/h4-11,13-14,22H,1-3H3,(H,23,24)/b16-13-. The van der Waals surface area contributed by atoms with Gasteiger partial charge in [-0.1, -0.05) is 18.2 Å². The summed E-state index contributed by atoms with van der Waals surface area (Å²) in [6.45, 7) is 1.87. The maximum absolute atomic E-state index is 12.4. The Bertz CT molecular complexity index is 826. The van der Waals surface area contributed by atoms with Gasteiger partial charge >= 0.3 is 0 Å². The Hall–Kier alpha value is -2.91. The summed E-state index contributed by atoms with van der Waals surface area (Å²) in [5, 5.41) is 15.1. The molecule has 0 aliphatic heterocycles. The van der Waals surface area contributed by atoms with Crippen LogP contribution in [0.2, 0.25) is 0 Å². The Morgan fingerprint density at radius 2 is 2.00 bits per heavy atom. The van der Waals surface area contributed by atoms with E-state index in [9.17, 15) is 10.1 Å². The van der Waals surface area contributed by atoms with E-state index < -0.39 is 5.91 Å². The summed E-state index contributed by atoms with van der Waals surface area (Å²) in [5.74, 6) is 0.325. The predicted octanol–water partition coefficient (Wildman–Crippen LogP) is 4.11. The lowest BCUT2D eigenvalue weighted by Gasteiger charge is -2.14. The maximum Gasteiger partial charge on any atom is 0.263 e. The van der Waals surface area contributed by atoms with Gasteiger partial charge < -0.3 is 15.4 Å². The number of benzene rings is 2. The first-order valence-corrected chi connectivity index (χ1v) is 9.25. The van der Waals surface area contributed by atoms with Gasteiger partial charge in [-0.2, -0.15) is 5.26 Å². The highest BCUT2D eigenvalue weighted by molar-refractivity contribution is 7.98. The maximum atomic E-state index is 12.4. The van der Waals surface area contributed by atoms with E-state index in [2.05, 4.69) is 10.6 Å². The molecule has 0 spiro atoms. The van der Waals surface area contributed by atoms with Gasteiger partial charge in [-0.25, -0.2) is 0 Å². The summed E-state index contributed by atoms with van der Waals surface area (Å²) >= 11 is 1.62. The van der Waals surface area contributed by atoms with Crippen LogP contribution in [0.15, 0.2) is 65.2 Å². The van der Waals surface area contributed by atoms with Crippen molar-refractivity contribution in [2.45, 2.75) is 17.9 Å². The first-order valence-electron chi connectivity index (χ1n) is 8.03. The van der Waals surface area contributed by atoms with Crippen LogP contribution in [0.5, 0.6) is 5.75 Å². The monoisotopic (exact) mass is 367 g/mol. The van der Waals surface area contributed by atoms with E-state index in [1.807, 2.05) is 67.8 Å². The van der Waals surface area contributed by atoms with Crippen LogP contribution in [0.3, 0.4) is 0 Å². The summed E-state index contributed by atoms with van der Waals surface area (Å²) in [6, 6.07) is 16.9. The summed E-state index contributed by atoms with van der Waals surface area (Å²) in [7, 11) is 1.60. The number of nitrogens with zero attached hydrogens (tertiary/aromatic N) is 1. The minimum atomic E-state index is -0.427. The van der Waals surface area contributed by atoms with E-state index in [-0.39, 0.29) is 11.6 Å². The Kier molecular flexibility index (Phi) is 7.12. The first-order chi connectivity index (χ1) is 12.6. The third-order valence-electron chi connectivity index (χ3n) is 3.78. The minimum Gasteiger partial charge on any atom is -0.497 e. The molecule has 0 saturated heterocycles.